The van der Waals surface area contributed by atoms with Crippen molar-refractivity contribution in [2.45, 2.75) is 90.0 Å². The number of fused-ring (bicyclic) bond motifs is 4. The van der Waals surface area contributed by atoms with Crippen molar-refractivity contribution in [1.82, 2.24) is 19.6 Å². The van der Waals surface area contributed by atoms with Crippen LogP contribution in [0.15, 0.2) is 30.9 Å². The topological polar surface area (TPSA) is 86.1 Å². The van der Waals surface area contributed by atoms with Crippen LogP contribution >= 0.6 is 0 Å². The number of likely N-dealkylation sites (tertiary alicyclic amines) is 2. The molecule has 10 heteroatoms. The molecule has 1 atom stereocenters. The molecule has 222 valence electrons. The molecule has 5 rings (SSSR count). The van der Waals surface area contributed by atoms with E-state index in [1.54, 1.807) is 11.0 Å². The lowest BCUT2D eigenvalue weighted by atomic mass is 9.79. The molecule has 4 heterocycles. The Labute approximate surface area is 241 Å². The monoisotopic (exact) mass is 568 g/mol. The van der Waals surface area contributed by atoms with E-state index in [0.29, 0.717) is 50.9 Å². The smallest absolute Gasteiger partial charge is 0.410 e. The number of rotatable bonds is 3. The van der Waals surface area contributed by atoms with Crippen molar-refractivity contribution in [2.24, 2.45) is 0 Å². The van der Waals surface area contributed by atoms with Gasteiger partial charge in [-0.25, -0.2) is 14.0 Å². The Morgan fingerprint density at radius 1 is 1.20 bits per heavy atom. The van der Waals surface area contributed by atoms with Gasteiger partial charge < -0.3 is 24.0 Å². The van der Waals surface area contributed by atoms with Gasteiger partial charge in [0.1, 0.15) is 23.5 Å². The number of para-hydroxylation sites is 1. The molecule has 2 fully saturated rings. The van der Waals surface area contributed by atoms with Gasteiger partial charge in [0.25, 0.3) is 0 Å². The van der Waals surface area contributed by atoms with Gasteiger partial charge in [-0.1, -0.05) is 18.7 Å². The number of aromatic nitrogens is 2. The van der Waals surface area contributed by atoms with Gasteiger partial charge in [-0.2, -0.15) is 5.10 Å². The molecule has 2 aromatic rings. The summed E-state index contributed by atoms with van der Waals surface area (Å²) in [7, 11) is 0. The minimum atomic E-state index is -0.825. The lowest BCUT2D eigenvalue weighted by Crippen LogP contribution is -2.54. The van der Waals surface area contributed by atoms with Crippen LogP contribution in [-0.2, 0) is 15.1 Å². The summed E-state index contributed by atoms with van der Waals surface area (Å²) in [5, 5.41) is 5.11. The summed E-state index contributed by atoms with van der Waals surface area (Å²) in [5.74, 6) is -0.230. The van der Waals surface area contributed by atoms with Crippen LogP contribution in [0.4, 0.5) is 14.0 Å². The highest BCUT2D eigenvalue weighted by molar-refractivity contribution is 5.75. The summed E-state index contributed by atoms with van der Waals surface area (Å²) >= 11 is 0. The van der Waals surface area contributed by atoms with E-state index in [9.17, 15) is 9.59 Å². The van der Waals surface area contributed by atoms with Gasteiger partial charge in [0, 0.05) is 54.8 Å². The van der Waals surface area contributed by atoms with Crippen molar-refractivity contribution < 1.29 is 28.2 Å². The maximum atomic E-state index is 15.1. The van der Waals surface area contributed by atoms with Crippen LogP contribution in [0, 0.1) is 12.7 Å². The van der Waals surface area contributed by atoms with Crippen molar-refractivity contribution in [2.75, 3.05) is 26.2 Å². The summed E-state index contributed by atoms with van der Waals surface area (Å²) in [6.45, 7) is 16.9. The number of ether oxygens (including phenoxy) is 3. The molecular weight excluding hydrogens is 527 g/mol. The molecule has 0 saturated carbocycles. The molecule has 2 saturated heterocycles. The SMILES string of the molecule is C=CCOC(=O)N1CCC2(CC1)Oc1c(F)cccc1-c1nn(C3CCN(C(=O)OC(C)(C)C)C(C)(C)C3)c(C)c12. The van der Waals surface area contributed by atoms with Gasteiger partial charge in [-0.05, 0) is 66.5 Å². The molecule has 0 N–H and O–H groups in total. The number of amides is 2. The maximum Gasteiger partial charge on any atom is 0.410 e. The third-order valence-corrected chi connectivity index (χ3v) is 8.39. The number of nitrogens with zero attached hydrogens (tertiary/aromatic N) is 4. The Morgan fingerprint density at radius 3 is 2.54 bits per heavy atom. The van der Waals surface area contributed by atoms with Crippen LogP contribution in [0.2, 0.25) is 0 Å². The summed E-state index contributed by atoms with van der Waals surface area (Å²) in [5.41, 5.74) is 1.40. The van der Waals surface area contributed by atoms with E-state index in [0.717, 1.165) is 17.0 Å². The van der Waals surface area contributed by atoms with Crippen molar-refractivity contribution in [3.8, 4) is 17.0 Å². The van der Waals surface area contributed by atoms with Crippen LogP contribution in [-0.4, -0.2) is 69.1 Å². The zero-order valence-electron chi connectivity index (χ0n) is 25.0. The largest absolute Gasteiger partial charge is 0.478 e. The van der Waals surface area contributed by atoms with Gasteiger partial charge in [-0.15, -0.1) is 0 Å². The van der Waals surface area contributed by atoms with E-state index in [1.807, 2.05) is 38.7 Å². The van der Waals surface area contributed by atoms with Gasteiger partial charge >= 0.3 is 12.2 Å². The number of hydrogen-bond acceptors (Lipinski definition) is 6. The second kappa shape index (κ2) is 10.4. The molecule has 3 aliphatic heterocycles. The van der Waals surface area contributed by atoms with E-state index >= 15 is 4.39 Å². The highest BCUT2D eigenvalue weighted by Crippen LogP contribution is 2.52. The molecule has 1 unspecified atom stereocenters. The van der Waals surface area contributed by atoms with Crippen LogP contribution in [0.1, 0.15) is 77.6 Å². The normalized spacial score (nSPS) is 21.0. The Kier molecular flexibility index (Phi) is 7.32. The first-order chi connectivity index (χ1) is 19.3. The molecule has 0 radical (unpaired) electrons. The first-order valence-corrected chi connectivity index (χ1v) is 14.4. The van der Waals surface area contributed by atoms with E-state index in [1.165, 1.54) is 12.1 Å². The quantitative estimate of drug-likeness (QED) is 0.401. The molecule has 1 aromatic carbocycles. The Balaban J connectivity index is 1.47. The predicted molar refractivity (Wildman–Crippen MR) is 152 cm³/mol. The van der Waals surface area contributed by atoms with Crippen molar-refractivity contribution in [3.63, 3.8) is 0 Å². The van der Waals surface area contributed by atoms with Crippen LogP contribution in [0.25, 0.3) is 11.3 Å². The maximum absolute atomic E-state index is 15.1. The van der Waals surface area contributed by atoms with Gasteiger partial charge in [0.2, 0.25) is 0 Å². The van der Waals surface area contributed by atoms with Crippen LogP contribution in [0.3, 0.4) is 0 Å². The standard InChI is InChI=1S/C31H41FN4O5/c1-8-18-39-27(37)34-16-13-31(14-17-34)24-20(2)36(33-25(24)22-10-9-11-23(32)26(22)40-31)21-12-15-35(30(6,7)19-21)28(38)41-29(3,4)5/h8-11,21H,1,12-19H2,2-7H3. The molecule has 1 spiro atoms. The summed E-state index contributed by atoms with van der Waals surface area (Å²) < 4.78 is 34.7. The fraction of sp³-hybridized carbons (Fsp3) is 0.581. The van der Waals surface area contributed by atoms with E-state index in [2.05, 4.69) is 25.1 Å². The van der Waals surface area contributed by atoms with Gasteiger partial charge in [-0.3, -0.25) is 4.68 Å². The second-order valence-electron chi connectivity index (χ2n) is 12.9. The fourth-order valence-electron chi connectivity index (χ4n) is 6.51. The average Bonchev–Trinajstić information content (AvgIpc) is 3.25. The summed E-state index contributed by atoms with van der Waals surface area (Å²) in [6.07, 6.45) is 3.17. The average molecular weight is 569 g/mol. The summed E-state index contributed by atoms with van der Waals surface area (Å²) in [4.78, 5) is 29.0. The van der Waals surface area contributed by atoms with Crippen LogP contribution in [0.5, 0.6) is 5.75 Å². The Morgan fingerprint density at radius 2 is 1.90 bits per heavy atom. The molecular formula is C31H41FN4O5. The molecule has 0 aliphatic carbocycles. The van der Waals surface area contributed by atoms with Crippen molar-refractivity contribution in [1.29, 1.82) is 0 Å². The molecule has 9 nitrogen and oxygen atoms in total. The highest BCUT2D eigenvalue weighted by Gasteiger charge is 2.49. The molecule has 3 aliphatic rings. The lowest BCUT2D eigenvalue weighted by molar-refractivity contribution is -0.0146. The number of carbonyl (C=O) groups is 2. The molecule has 2 amide bonds. The second-order valence-corrected chi connectivity index (χ2v) is 12.9. The first-order valence-electron chi connectivity index (χ1n) is 14.4. The summed E-state index contributed by atoms with van der Waals surface area (Å²) in [6, 6.07) is 4.95. The van der Waals surface area contributed by atoms with Crippen LogP contribution < -0.4 is 4.74 Å². The fourth-order valence-corrected chi connectivity index (χ4v) is 6.51. The number of benzene rings is 1. The highest BCUT2D eigenvalue weighted by atomic mass is 19.1. The van der Waals surface area contributed by atoms with Gasteiger partial charge in [0.15, 0.2) is 11.6 Å². The number of hydrogen-bond donors (Lipinski definition) is 0. The minimum Gasteiger partial charge on any atom is -0.478 e. The Hall–Kier alpha value is -3.56. The third-order valence-electron chi connectivity index (χ3n) is 8.39. The zero-order chi connectivity index (χ0) is 29.7. The lowest BCUT2D eigenvalue weighted by Gasteiger charge is -2.46. The van der Waals surface area contributed by atoms with E-state index < -0.39 is 28.7 Å². The van der Waals surface area contributed by atoms with Crippen molar-refractivity contribution >= 4 is 12.2 Å². The molecule has 1 aromatic heterocycles. The van der Waals surface area contributed by atoms with Gasteiger partial charge in [0.05, 0.1) is 6.04 Å². The number of halogens is 1. The van der Waals surface area contributed by atoms with Crippen molar-refractivity contribution in [3.05, 3.63) is 47.9 Å². The predicted octanol–water partition coefficient (Wildman–Crippen LogP) is 6.35. The van der Waals surface area contributed by atoms with E-state index in [-0.39, 0.29) is 24.5 Å². The third kappa shape index (κ3) is 5.28. The first kappa shape index (κ1) is 29.0. The van der Waals surface area contributed by atoms with E-state index in [4.69, 9.17) is 19.3 Å². The number of carbonyl (C=O) groups excluding carboxylic acids is 2. The molecule has 0 bridgehead atoms. The zero-order valence-corrected chi connectivity index (χ0v) is 25.0. The Bertz CT molecular complexity index is 1350. The molecule has 41 heavy (non-hydrogen) atoms. The minimum absolute atomic E-state index is 0.0253. The number of piperidine rings is 2.